The number of amides is 2. The largest absolute Gasteiger partial charge is 0.285 e. The molecule has 2 aromatic rings. The molecular formula is C18H15NO3. The Kier molecular flexibility index (Phi) is 3.85. The molecule has 0 spiro atoms. The smallest absolute Gasteiger partial charge is 0.266 e. The molecule has 2 amide bonds. The minimum atomic E-state index is -0.420. The summed E-state index contributed by atoms with van der Waals surface area (Å²) in [6.07, 6.45) is 1.74. The highest BCUT2D eigenvalue weighted by atomic mass is 16.7. The van der Waals surface area contributed by atoms with Crippen molar-refractivity contribution in [2.75, 3.05) is 6.61 Å². The fourth-order valence-corrected chi connectivity index (χ4v) is 2.44. The van der Waals surface area contributed by atoms with Gasteiger partial charge in [0, 0.05) is 5.92 Å². The molecule has 0 fully saturated rings. The Morgan fingerprint density at radius 2 is 1.50 bits per heavy atom. The summed E-state index contributed by atoms with van der Waals surface area (Å²) in [4.78, 5) is 29.9. The summed E-state index contributed by atoms with van der Waals surface area (Å²) >= 11 is 0. The van der Waals surface area contributed by atoms with E-state index < -0.39 is 11.8 Å². The van der Waals surface area contributed by atoms with Crippen molar-refractivity contribution in [3.63, 3.8) is 0 Å². The second-order valence-electron chi connectivity index (χ2n) is 5.00. The highest BCUT2D eigenvalue weighted by molar-refractivity contribution is 6.20. The number of carbonyl (C=O) groups excluding carboxylic acids is 2. The number of benzene rings is 2. The molecule has 1 heterocycles. The minimum absolute atomic E-state index is 0.0921. The van der Waals surface area contributed by atoms with Crippen LogP contribution in [0.5, 0.6) is 0 Å². The van der Waals surface area contributed by atoms with Gasteiger partial charge in [-0.1, -0.05) is 48.5 Å². The topological polar surface area (TPSA) is 46.6 Å². The van der Waals surface area contributed by atoms with Gasteiger partial charge in [0.1, 0.15) is 0 Å². The van der Waals surface area contributed by atoms with Crippen molar-refractivity contribution < 1.29 is 14.4 Å². The van der Waals surface area contributed by atoms with Gasteiger partial charge < -0.3 is 0 Å². The third-order valence-electron chi connectivity index (χ3n) is 3.65. The fourth-order valence-electron chi connectivity index (χ4n) is 2.44. The summed E-state index contributed by atoms with van der Waals surface area (Å²) in [5, 5.41) is 0.837. The van der Waals surface area contributed by atoms with E-state index in [1.165, 1.54) is 0 Å². The van der Waals surface area contributed by atoms with Gasteiger partial charge in [0.15, 0.2) is 0 Å². The molecule has 2 aromatic carbocycles. The molecule has 1 atom stereocenters. The summed E-state index contributed by atoms with van der Waals surface area (Å²) in [7, 11) is 0. The fraction of sp³-hybridized carbons (Fsp3) is 0.111. The molecule has 1 unspecified atom stereocenters. The maximum Gasteiger partial charge on any atom is 0.285 e. The number of fused-ring (bicyclic) bond motifs is 1. The van der Waals surface area contributed by atoms with E-state index in [0.717, 1.165) is 10.6 Å². The number of rotatable bonds is 5. The average molecular weight is 293 g/mol. The first-order chi connectivity index (χ1) is 10.7. The monoisotopic (exact) mass is 293 g/mol. The van der Waals surface area contributed by atoms with Crippen molar-refractivity contribution in [2.24, 2.45) is 0 Å². The van der Waals surface area contributed by atoms with Crippen LogP contribution in [0.25, 0.3) is 0 Å². The zero-order valence-electron chi connectivity index (χ0n) is 11.9. The molecular weight excluding hydrogens is 278 g/mol. The molecule has 0 radical (unpaired) electrons. The van der Waals surface area contributed by atoms with Crippen LogP contribution < -0.4 is 0 Å². The highest BCUT2D eigenvalue weighted by Crippen LogP contribution is 2.24. The Morgan fingerprint density at radius 3 is 2.05 bits per heavy atom. The van der Waals surface area contributed by atoms with E-state index in [4.69, 9.17) is 4.84 Å². The quantitative estimate of drug-likeness (QED) is 0.628. The summed E-state index contributed by atoms with van der Waals surface area (Å²) < 4.78 is 0. The molecule has 1 aliphatic heterocycles. The van der Waals surface area contributed by atoms with E-state index in [2.05, 4.69) is 6.58 Å². The first kappa shape index (κ1) is 14.2. The predicted octanol–water partition coefficient (Wildman–Crippen LogP) is 3.18. The van der Waals surface area contributed by atoms with Crippen LogP contribution in [0.3, 0.4) is 0 Å². The maximum atomic E-state index is 12.2. The van der Waals surface area contributed by atoms with Gasteiger partial charge in [-0.2, -0.15) is 0 Å². The molecule has 4 nitrogen and oxygen atoms in total. The normalized spacial score (nSPS) is 14.8. The Bertz CT molecular complexity index is 689. The highest BCUT2D eigenvalue weighted by Gasteiger charge is 2.36. The van der Waals surface area contributed by atoms with Gasteiger partial charge in [0.05, 0.1) is 17.7 Å². The molecule has 0 saturated carbocycles. The molecule has 110 valence electrons. The first-order valence-electron chi connectivity index (χ1n) is 7.00. The van der Waals surface area contributed by atoms with E-state index in [0.29, 0.717) is 11.1 Å². The van der Waals surface area contributed by atoms with Crippen LogP contribution in [0.1, 0.15) is 32.2 Å². The molecule has 0 aliphatic carbocycles. The van der Waals surface area contributed by atoms with Gasteiger partial charge in [0.25, 0.3) is 11.8 Å². The third-order valence-corrected chi connectivity index (χ3v) is 3.65. The van der Waals surface area contributed by atoms with Crippen molar-refractivity contribution in [1.82, 2.24) is 5.06 Å². The van der Waals surface area contributed by atoms with E-state index in [9.17, 15) is 9.59 Å². The summed E-state index contributed by atoms with van der Waals surface area (Å²) in [6, 6.07) is 16.4. The number of carbonyl (C=O) groups is 2. The Balaban J connectivity index is 1.74. The first-order valence-corrected chi connectivity index (χ1v) is 7.00. The Labute approximate surface area is 128 Å². The van der Waals surface area contributed by atoms with Crippen LogP contribution >= 0.6 is 0 Å². The summed E-state index contributed by atoms with van der Waals surface area (Å²) in [6.45, 7) is 3.97. The maximum absolute atomic E-state index is 12.2. The van der Waals surface area contributed by atoms with Crippen molar-refractivity contribution in [3.05, 3.63) is 83.9 Å². The second-order valence-corrected chi connectivity index (χ2v) is 5.00. The van der Waals surface area contributed by atoms with Gasteiger partial charge in [0.2, 0.25) is 0 Å². The van der Waals surface area contributed by atoms with Gasteiger partial charge in [-0.3, -0.25) is 14.4 Å². The van der Waals surface area contributed by atoms with Crippen LogP contribution in [-0.2, 0) is 4.84 Å². The predicted molar refractivity (Wildman–Crippen MR) is 82.3 cm³/mol. The molecule has 1 aliphatic rings. The molecule has 0 bridgehead atoms. The van der Waals surface area contributed by atoms with Gasteiger partial charge in [-0.15, -0.1) is 11.6 Å². The Morgan fingerprint density at radius 1 is 0.955 bits per heavy atom. The summed E-state index contributed by atoms with van der Waals surface area (Å²) in [5.41, 5.74) is 1.78. The minimum Gasteiger partial charge on any atom is -0.266 e. The van der Waals surface area contributed by atoms with Crippen molar-refractivity contribution in [1.29, 1.82) is 0 Å². The molecule has 22 heavy (non-hydrogen) atoms. The zero-order valence-corrected chi connectivity index (χ0v) is 11.9. The lowest BCUT2D eigenvalue weighted by atomic mass is 10.0. The van der Waals surface area contributed by atoms with Gasteiger partial charge >= 0.3 is 0 Å². The van der Waals surface area contributed by atoms with E-state index in [1.807, 2.05) is 30.3 Å². The lowest BCUT2D eigenvalue weighted by Crippen LogP contribution is -2.31. The van der Waals surface area contributed by atoms with Crippen molar-refractivity contribution >= 4 is 11.8 Å². The van der Waals surface area contributed by atoms with Crippen LogP contribution in [0.4, 0.5) is 0 Å². The van der Waals surface area contributed by atoms with Crippen LogP contribution in [0, 0.1) is 0 Å². The zero-order chi connectivity index (χ0) is 15.5. The van der Waals surface area contributed by atoms with E-state index >= 15 is 0 Å². The third kappa shape index (κ3) is 2.44. The number of hydroxylamine groups is 2. The lowest BCUT2D eigenvalue weighted by molar-refractivity contribution is -0.0931. The number of hydrogen-bond donors (Lipinski definition) is 0. The second kappa shape index (κ2) is 5.95. The standard InChI is InChI=1S/C18H15NO3/c1-2-13(14-8-4-3-5-9-14)12-22-19-17(20)15-10-6-7-11-16(15)18(19)21/h2-11,13H,1,12H2. The molecule has 0 saturated heterocycles. The molecule has 3 rings (SSSR count). The SMILES string of the molecule is C=CC(CON1C(=O)c2ccccc2C1=O)c1ccccc1. The van der Waals surface area contributed by atoms with E-state index in [-0.39, 0.29) is 12.5 Å². The summed E-state index contributed by atoms with van der Waals surface area (Å²) in [5.74, 6) is -0.932. The molecule has 4 heteroatoms. The number of hydrogen-bond acceptors (Lipinski definition) is 3. The van der Waals surface area contributed by atoms with Gasteiger partial charge in [-0.25, -0.2) is 0 Å². The van der Waals surface area contributed by atoms with Crippen molar-refractivity contribution in [2.45, 2.75) is 5.92 Å². The van der Waals surface area contributed by atoms with Crippen LogP contribution in [-0.4, -0.2) is 23.5 Å². The average Bonchev–Trinajstić information content (AvgIpc) is 2.81. The number of imide groups is 1. The van der Waals surface area contributed by atoms with Gasteiger partial charge in [-0.05, 0) is 17.7 Å². The van der Waals surface area contributed by atoms with Crippen molar-refractivity contribution in [3.8, 4) is 0 Å². The van der Waals surface area contributed by atoms with Crippen LogP contribution in [0.15, 0.2) is 67.3 Å². The Hall–Kier alpha value is -2.72. The van der Waals surface area contributed by atoms with E-state index in [1.54, 1.807) is 30.3 Å². The lowest BCUT2D eigenvalue weighted by Gasteiger charge is -2.18. The molecule has 0 aromatic heterocycles. The number of nitrogens with zero attached hydrogens (tertiary/aromatic N) is 1. The molecule has 0 N–H and O–H groups in total. The van der Waals surface area contributed by atoms with Crippen LogP contribution in [0.2, 0.25) is 0 Å².